The van der Waals surface area contributed by atoms with Crippen LogP contribution in [0, 0.1) is 5.92 Å². The van der Waals surface area contributed by atoms with Crippen molar-refractivity contribution in [1.82, 2.24) is 0 Å². The molecule has 1 aliphatic heterocycles. The van der Waals surface area contributed by atoms with Gasteiger partial charge in [-0.05, 0) is 30.0 Å². The van der Waals surface area contributed by atoms with Crippen molar-refractivity contribution in [3.8, 4) is 0 Å². The van der Waals surface area contributed by atoms with Crippen LogP contribution < -0.4 is 5.32 Å². The topological polar surface area (TPSA) is 24.4 Å². The van der Waals surface area contributed by atoms with E-state index in [2.05, 4.69) is 50.4 Å². The van der Waals surface area contributed by atoms with Gasteiger partial charge in [-0.25, -0.2) is 0 Å². The number of nitrogens with one attached hydrogen (secondary N) is 1. The summed E-state index contributed by atoms with van der Waals surface area (Å²) < 4.78 is 0. The second kappa shape index (κ2) is 6.28. The Balaban J connectivity index is 1.95. The van der Waals surface area contributed by atoms with Gasteiger partial charge in [0.25, 0.3) is 0 Å². The lowest BCUT2D eigenvalue weighted by Gasteiger charge is -2.08. The second-order valence-electron chi connectivity index (χ2n) is 5.13. The van der Waals surface area contributed by atoms with Crippen LogP contribution >= 0.6 is 11.8 Å². The van der Waals surface area contributed by atoms with Crippen LogP contribution in [0.5, 0.6) is 0 Å². The van der Waals surface area contributed by atoms with Crippen molar-refractivity contribution in [2.45, 2.75) is 39.7 Å². The molecule has 0 saturated heterocycles. The van der Waals surface area contributed by atoms with E-state index in [9.17, 15) is 0 Å². The Hall–Kier alpha value is -0.960. The van der Waals surface area contributed by atoms with E-state index in [4.69, 9.17) is 4.99 Å². The molecule has 98 valence electrons. The van der Waals surface area contributed by atoms with E-state index >= 15 is 0 Å². The van der Waals surface area contributed by atoms with E-state index in [1.54, 1.807) is 0 Å². The zero-order chi connectivity index (χ0) is 13.0. The first kappa shape index (κ1) is 13.5. The summed E-state index contributed by atoms with van der Waals surface area (Å²) in [5, 5.41) is 4.47. The highest BCUT2D eigenvalue weighted by molar-refractivity contribution is 8.14. The number of hydrogen-bond acceptors (Lipinski definition) is 3. The zero-order valence-corrected chi connectivity index (χ0v) is 12.3. The van der Waals surface area contributed by atoms with E-state index in [1.807, 2.05) is 11.8 Å². The third kappa shape index (κ3) is 3.52. The van der Waals surface area contributed by atoms with Crippen LogP contribution in [0.2, 0.25) is 0 Å². The Morgan fingerprint density at radius 3 is 2.61 bits per heavy atom. The molecule has 0 amide bonds. The third-order valence-corrected chi connectivity index (χ3v) is 4.18. The quantitative estimate of drug-likeness (QED) is 0.880. The average molecular weight is 262 g/mol. The SMILES string of the molecule is CCCc1ccc(NC2=NC(C(C)C)CS2)cc1. The van der Waals surface area contributed by atoms with E-state index < -0.39 is 0 Å². The van der Waals surface area contributed by atoms with Gasteiger partial charge >= 0.3 is 0 Å². The molecule has 3 heteroatoms. The van der Waals surface area contributed by atoms with Gasteiger partial charge in [0.15, 0.2) is 5.17 Å². The molecule has 0 radical (unpaired) electrons. The number of hydrogen-bond donors (Lipinski definition) is 1. The Labute approximate surface area is 114 Å². The fraction of sp³-hybridized carbons (Fsp3) is 0.533. The van der Waals surface area contributed by atoms with Gasteiger partial charge in [0.2, 0.25) is 0 Å². The van der Waals surface area contributed by atoms with Crippen LogP contribution in [0.15, 0.2) is 29.3 Å². The molecule has 1 aromatic rings. The minimum absolute atomic E-state index is 0.469. The van der Waals surface area contributed by atoms with Gasteiger partial charge in [-0.1, -0.05) is 51.1 Å². The molecular weight excluding hydrogens is 240 g/mol. The highest BCUT2D eigenvalue weighted by atomic mass is 32.2. The molecular formula is C15H22N2S. The number of amidine groups is 1. The largest absolute Gasteiger partial charge is 0.335 e. The summed E-state index contributed by atoms with van der Waals surface area (Å²) in [6, 6.07) is 9.17. The number of rotatable bonds is 4. The summed E-state index contributed by atoms with van der Waals surface area (Å²) in [7, 11) is 0. The van der Waals surface area contributed by atoms with E-state index in [0.717, 1.165) is 23.0 Å². The maximum absolute atomic E-state index is 4.71. The number of aliphatic imine (C=N–C) groups is 1. The van der Waals surface area contributed by atoms with Crippen molar-refractivity contribution in [3.63, 3.8) is 0 Å². The molecule has 0 saturated carbocycles. The number of benzene rings is 1. The van der Waals surface area contributed by atoms with Crippen LogP contribution in [0.4, 0.5) is 5.69 Å². The van der Waals surface area contributed by atoms with Crippen LogP contribution in [0.25, 0.3) is 0 Å². The third-order valence-electron chi connectivity index (χ3n) is 3.19. The molecule has 1 N–H and O–H groups in total. The highest BCUT2D eigenvalue weighted by Gasteiger charge is 2.20. The molecule has 1 aromatic carbocycles. The first-order valence-corrected chi connectivity index (χ1v) is 7.74. The lowest BCUT2D eigenvalue weighted by molar-refractivity contribution is 0.543. The summed E-state index contributed by atoms with van der Waals surface area (Å²) in [5.41, 5.74) is 2.55. The molecule has 0 bridgehead atoms. The maximum atomic E-state index is 4.71. The Morgan fingerprint density at radius 1 is 1.33 bits per heavy atom. The first-order valence-electron chi connectivity index (χ1n) is 6.75. The van der Waals surface area contributed by atoms with Crippen LogP contribution in [-0.2, 0) is 6.42 Å². The molecule has 1 unspecified atom stereocenters. The standard InChI is InChI=1S/C15H22N2S/c1-4-5-12-6-8-13(9-7-12)16-15-17-14(10-18-15)11(2)3/h6-9,11,14H,4-5,10H2,1-3H3,(H,16,17). The molecule has 1 heterocycles. The van der Waals surface area contributed by atoms with Crippen LogP contribution in [0.1, 0.15) is 32.8 Å². The molecule has 0 fully saturated rings. The Bertz CT molecular complexity index is 409. The summed E-state index contributed by atoms with van der Waals surface area (Å²) in [6.07, 6.45) is 2.36. The van der Waals surface area contributed by atoms with Crippen molar-refractivity contribution in [3.05, 3.63) is 29.8 Å². The summed E-state index contributed by atoms with van der Waals surface area (Å²) >= 11 is 1.83. The van der Waals surface area contributed by atoms with Gasteiger partial charge in [0.05, 0.1) is 6.04 Å². The van der Waals surface area contributed by atoms with Crippen molar-refractivity contribution in [2.75, 3.05) is 11.1 Å². The lowest BCUT2D eigenvalue weighted by Crippen LogP contribution is -2.12. The van der Waals surface area contributed by atoms with Gasteiger partial charge in [0.1, 0.15) is 0 Å². The number of anilines is 1. The van der Waals surface area contributed by atoms with Crippen molar-refractivity contribution < 1.29 is 0 Å². The molecule has 2 rings (SSSR count). The van der Waals surface area contributed by atoms with E-state index in [-0.39, 0.29) is 0 Å². The van der Waals surface area contributed by atoms with Gasteiger partial charge in [0, 0.05) is 11.4 Å². The van der Waals surface area contributed by atoms with Gasteiger partial charge in [-0.2, -0.15) is 0 Å². The predicted octanol–water partition coefficient (Wildman–Crippen LogP) is 4.18. The summed E-state index contributed by atoms with van der Waals surface area (Å²) in [5.74, 6) is 1.73. The molecule has 1 atom stereocenters. The predicted molar refractivity (Wildman–Crippen MR) is 82.6 cm³/mol. The smallest absolute Gasteiger partial charge is 0.161 e. The van der Waals surface area contributed by atoms with Crippen molar-refractivity contribution in [2.24, 2.45) is 10.9 Å². The number of aryl methyl sites for hydroxylation is 1. The summed E-state index contributed by atoms with van der Waals surface area (Å²) in [4.78, 5) is 4.71. The fourth-order valence-electron chi connectivity index (χ4n) is 1.97. The highest BCUT2D eigenvalue weighted by Crippen LogP contribution is 2.24. The van der Waals surface area contributed by atoms with Gasteiger partial charge < -0.3 is 5.32 Å². The molecule has 0 aromatic heterocycles. The van der Waals surface area contributed by atoms with Crippen molar-refractivity contribution >= 4 is 22.6 Å². The minimum Gasteiger partial charge on any atom is -0.335 e. The Morgan fingerprint density at radius 2 is 2.06 bits per heavy atom. The maximum Gasteiger partial charge on any atom is 0.161 e. The molecule has 1 aliphatic rings. The zero-order valence-electron chi connectivity index (χ0n) is 11.4. The second-order valence-corrected chi connectivity index (χ2v) is 6.14. The normalized spacial score (nSPS) is 19.1. The molecule has 0 aliphatic carbocycles. The van der Waals surface area contributed by atoms with Gasteiger partial charge in [-0.3, -0.25) is 4.99 Å². The minimum atomic E-state index is 0.469. The monoisotopic (exact) mass is 262 g/mol. The molecule has 18 heavy (non-hydrogen) atoms. The van der Waals surface area contributed by atoms with Crippen LogP contribution in [-0.4, -0.2) is 17.0 Å². The summed E-state index contributed by atoms with van der Waals surface area (Å²) in [6.45, 7) is 6.68. The fourth-order valence-corrected chi connectivity index (χ4v) is 3.15. The molecule has 2 nitrogen and oxygen atoms in total. The molecule has 0 spiro atoms. The Kier molecular flexibility index (Phi) is 4.70. The first-order chi connectivity index (χ1) is 8.69. The van der Waals surface area contributed by atoms with E-state index in [0.29, 0.717) is 12.0 Å². The van der Waals surface area contributed by atoms with E-state index in [1.165, 1.54) is 12.0 Å². The van der Waals surface area contributed by atoms with Crippen LogP contribution in [0.3, 0.4) is 0 Å². The van der Waals surface area contributed by atoms with Gasteiger partial charge in [-0.15, -0.1) is 0 Å². The average Bonchev–Trinajstić information content (AvgIpc) is 2.81. The lowest BCUT2D eigenvalue weighted by atomic mass is 10.1. The number of nitrogens with zero attached hydrogens (tertiary/aromatic N) is 1. The van der Waals surface area contributed by atoms with Crippen molar-refractivity contribution in [1.29, 1.82) is 0 Å². The number of thioether (sulfide) groups is 1.